The van der Waals surface area contributed by atoms with Crippen molar-refractivity contribution in [2.24, 2.45) is 0 Å². The molecule has 6 nitrogen and oxygen atoms in total. The standard InChI is InChI=1S/C19H20N2O4S/c1-13-5-3-6-14(9-13)20-17-11-26(23,24)12-18(17)21(19(20)22)15-7-4-8-16(10-15)25-2/h3-10,17-18H,11-12H2,1-2H3/t17-,18-/m0/s1. The van der Waals surface area contributed by atoms with Gasteiger partial charge in [-0.3, -0.25) is 9.80 Å². The zero-order valence-electron chi connectivity index (χ0n) is 14.6. The van der Waals surface area contributed by atoms with Crippen LogP contribution in [-0.4, -0.2) is 45.1 Å². The molecule has 2 aromatic carbocycles. The van der Waals surface area contributed by atoms with Crippen LogP contribution in [0.1, 0.15) is 5.56 Å². The second-order valence-electron chi connectivity index (χ2n) is 6.77. The lowest BCUT2D eigenvalue weighted by Crippen LogP contribution is -2.37. The number of ether oxygens (including phenoxy) is 1. The number of urea groups is 1. The largest absolute Gasteiger partial charge is 0.497 e. The van der Waals surface area contributed by atoms with Gasteiger partial charge in [-0.1, -0.05) is 18.2 Å². The summed E-state index contributed by atoms with van der Waals surface area (Å²) in [6, 6.07) is 13.8. The van der Waals surface area contributed by atoms with Crippen LogP contribution in [0.2, 0.25) is 0 Å². The Morgan fingerprint density at radius 1 is 0.962 bits per heavy atom. The van der Waals surface area contributed by atoms with Gasteiger partial charge in [-0.2, -0.15) is 0 Å². The summed E-state index contributed by atoms with van der Waals surface area (Å²) in [4.78, 5) is 16.5. The Kier molecular flexibility index (Phi) is 3.91. The molecule has 0 aliphatic carbocycles. The average Bonchev–Trinajstić information content (AvgIpc) is 3.03. The minimum Gasteiger partial charge on any atom is -0.497 e. The van der Waals surface area contributed by atoms with Crippen molar-refractivity contribution in [3.8, 4) is 5.75 Å². The number of aryl methyl sites for hydroxylation is 1. The summed E-state index contributed by atoms with van der Waals surface area (Å²) in [6.07, 6.45) is 0. The zero-order valence-corrected chi connectivity index (χ0v) is 15.4. The molecule has 136 valence electrons. The van der Waals surface area contributed by atoms with Gasteiger partial charge in [0.2, 0.25) is 0 Å². The SMILES string of the molecule is COc1cccc(N2C(=O)N(c3cccc(C)c3)[C@H]3CS(=O)(=O)C[C@@H]32)c1. The first kappa shape index (κ1) is 16.9. The molecular formula is C19H20N2O4S. The third-order valence-corrected chi connectivity index (χ3v) is 6.68. The molecule has 26 heavy (non-hydrogen) atoms. The molecular weight excluding hydrogens is 352 g/mol. The molecule has 2 aliphatic rings. The highest BCUT2D eigenvalue weighted by Gasteiger charge is 2.54. The minimum atomic E-state index is -3.20. The number of carbonyl (C=O) groups is 1. The fraction of sp³-hybridized carbons (Fsp3) is 0.316. The van der Waals surface area contributed by atoms with Crippen LogP contribution >= 0.6 is 0 Å². The van der Waals surface area contributed by atoms with Crippen molar-refractivity contribution < 1.29 is 17.9 Å². The molecule has 0 aromatic heterocycles. The van der Waals surface area contributed by atoms with Crippen LogP contribution in [-0.2, 0) is 9.84 Å². The second-order valence-corrected chi connectivity index (χ2v) is 8.93. The molecule has 2 fully saturated rings. The fourth-order valence-corrected chi connectivity index (χ4v) is 5.76. The second kappa shape index (κ2) is 6.02. The number of benzene rings is 2. The van der Waals surface area contributed by atoms with Crippen molar-refractivity contribution in [1.82, 2.24) is 0 Å². The number of sulfone groups is 1. The van der Waals surface area contributed by atoms with Crippen LogP contribution in [0.15, 0.2) is 48.5 Å². The van der Waals surface area contributed by atoms with Gasteiger partial charge in [0.15, 0.2) is 9.84 Å². The Morgan fingerprint density at radius 3 is 2.12 bits per heavy atom. The molecule has 2 aromatic rings. The molecule has 0 radical (unpaired) electrons. The Bertz CT molecular complexity index is 973. The van der Waals surface area contributed by atoms with Crippen molar-refractivity contribution in [1.29, 1.82) is 0 Å². The van der Waals surface area contributed by atoms with Gasteiger partial charge in [-0.05, 0) is 36.8 Å². The maximum absolute atomic E-state index is 13.3. The van der Waals surface area contributed by atoms with Gasteiger partial charge >= 0.3 is 6.03 Å². The quantitative estimate of drug-likeness (QED) is 0.777. The molecule has 2 saturated heterocycles. The number of anilines is 2. The number of fused-ring (bicyclic) bond motifs is 1. The summed E-state index contributed by atoms with van der Waals surface area (Å²) in [5, 5.41) is 0. The van der Waals surface area contributed by atoms with Crippen LogP contribution in [0.3, 0.4) is 0 Å². The number of hydrogen-bond donors (Lipinski definition) is 0. The van der Waals surface area contributed by atoms with Crippen molar-refractivity contribution in [2.45, 2.75) is 19.0 Å². The maximum atomic E-state index is 13.3. The first-order chi connectivity index (χ1) is 12.4. The molecule has 0 bridgehead atoms. The average molecular weight is 372 g/mol. The lowest BCUT2D eigenvalue weighted by atomic mass is 10.1. The first-order valence-electron chi connectivity index (χ1n) is 8.43. The van der Waals surface area contributed by atoms with E-state index in [1.54, 1.807) is 35.1 Å². The van der Waals surface area contributed by atoms with Gasteiger partial charge in [0.05, 0.1) is 30.7 Å². The van der Waals surface area contributed by atoms with Crippen LogP contribution in [0.25, 0.3) is 0 Å². The summed E-state index contributed by atoms with van der Waals surface area (Å²) in [6.45, 7) is 1.95. The van der Waals surface area contributed by atoms with E-state index in [0.717, 1.165) is 11.3 Å². The summed E-state index contributed by atoms with van der Waals surface area (Å²) >= 11 is 0. The third kappa shape index (κ3) is 2.72. The van der Waals surface area contributed by atoms with Crippen LogP contribution < -0.4 is 14.5 Å². The summed E-state index contributed by atoms with van der Waals surface area (Å²) < 4.78 is 29.9. The monoisotopic (exact) mass is 372 g/mol. The first-order valence-corrected chi connectivity index (χ1v) is 10.3. The van der Waals surface area contributed by atoms with E-state index in [0.29, 0.717) is 11.4 Å². The summed E-state index contributed by atoms with van der Waals surface area (Å²) in [5.41, 5.74) is 2.40. The lowest BCUT2D eigenvalue weighted by Gasteiger charge is -2.23. The van der Waals surface area contributed by atoms with Crippen molar-refractivity contribution in [3.05, 3.63) is 54.1 Å². The van der Waals surface area contributed by atoms with E-state index in [1.807, 2.05) is 37.3 Å². The van der Waals surface area contributed by atoms with Crippen molar-refractivity contribution in [2.75, 3.05) is 28.4 Å². The van der Waals surface area contributed by atoms with Crippen molar-refractivity contribution >= 4 is 27.2 Å². The van der Waals surface area contributed by atoms with Crippen LogP contribution in [0.4, 0.5) is 16.2 Å². The maximum Gasteiger partial charge on any atom is 0.329 e. The summed E-state index contributed by atoms with van der Waals surface area (Å²) in [5.74, 6) is 0.586. The topological polar surface area (TPSA) is 66.9 Å². The summed E-state index contributed by atoms with van der Waals surface area (Å²) in [7, 11) is -1.64. The minimum absolute atomic E-state index is 0.0161. The molecule has 2 aliphatic heterocycles. The number of rotatable bonds is 3. The highest BCUT2D eigenvalue weighted by Crippen LogP contribution is 2.38. The Labute approximate surface area is 152 Å². The van der Waals surface area contributed by atoms with E-state index in [9.17, 15) is 13.2 Å². The molecule has 7 heteroatoms. The molecule has 0 spiro atoms. The van der Waals surface area contributed by atoms with Gasteiger partial charge in [0.1, 0.15) is 5.75 Å². The molecule has 4 rings (SSSR count). The van der Waals surface area contributed by atoms with Crippen LogP contribution in [0.5, 0.6) is 5.75 Å². The van der Waals surface area contributed by atoms with Crippen molar-refractivity contribution in [3.63, 3.8) is 0 Å². The Balaban J connectivity index is 1.81. The van der Waals surface area contributed by atoms with Gasteiger partial charge in [0, 0.05) is 17.4 Å². The molecule has 2 atom stereocenters. The number of carbonyl (C=O) groups excluding carboxylic acids is 1. The lowest BCUT2D eigenvalue weighted by molar-refractivity contribution is 0.255. The van der Waals surface area contributed by atoms with E-state index in [4.69, 9.17) is 4.74 Å². The highest BCUT2D eigenvalue weighted by atomic mass is 32.2. The predicted octanol–water partition coefficient (Wildman–Crippen LogP) is 2.62. The van der Waals surface area contributed by atoms with E-state index in [2.05, 4.69) is 0 Å². The fourth-order valence-electron chi connectivity index (χ4n) is 3.85. The molecule has 2 amide bonds. The normalized spacial score (nSPS) is 24.0. The Morgan fingerprint density at radius 2 is 1.54 bits per heavy atom. The third-order valence-electron chi connectivity index (χ3n) is 4.98. The number of methoxy groups -OCH3 is 1. The Hall–Kier alpha value is -2.54. The molecule has 0 saturated carbocycles. The number of hydrogen-bond acceptors (Lipinski definition) is 4. The van der Waals surface area contributed by atoms with E-state index < -0.39 is 15.9 Å². The van der Waals surface area contributed by atoms with Gasteiger partial charge in [0.25, 0.3) is 0 Å². The van der Waals surface area contributed by atoms with E-state index in [-0.39, 0.29) is 23.6 Å². The predicted molar refractivity (Wildman–Crippen MR) is 101 cm³/mol. The molecule has 0 N–H and O–H groups in total. The van der Waals surface area contributed by atoms with Gasteiger partial charge in [-0.15, -0.1) is 0 Å². The van der Waals surface area contributed by atoms with E-state index in [1.165, 1.54) is 0 Å². The highest BCUT2D eigenvalue weighted by molar-refractivity contribution is 7.91. The van der Waals surface area contributed by atoms with Crippen LogP contribution in [0, 0.1) is 6.92 Å². The van der Waals surface area contributed by atoms with Gasteiger partial charge < -0.3 is 4.74 Å². The number of nitrogens with zero attached hydrogens (tertiary/aromatic N) is 2. The smallest absolute Gasteiger partial charge is 0.329 e. The molecule has 2 heterocycles. The van der Waals surface area contributed by atoms with Gasteiger partial charge in [-0.25, -0.2) is 13.2 Å². The van der Waals surface area contributed by atoms with E-state index >= 15 is 0 Å². The zero-order chi connectivity index (χ0) is 18.5. The number of amides is 2. The molecule has 0 unspecified atom stereocenters.